The zero-order valence-corrected chi connectivity index (χ0v) is 13.7. The predicted octanol–water partition coefficient (Wildman–Crippen LogP) is 1.38. The van der Waals surface area contributed by atoms with Crippen molar-refractivity contribution in [1.82, 2.24) is 4.72 Å². The van der Waals surface area contributed by atoms with Crippen LogP contribution in [-0.4, -0.2) is 39.8 Å². The lowest BCUT2D eigenvalue weighted by molar-refractivity contribution is -0.117. The highest BCUT2D eigenvalue weighted by molar-refractivity contribution is 7.89. The van der Waals surface area contributed by atoms with Crippen LogP contribution in [0.15, 0.2) is 24.3 Å². The first-order valence-corrected chi connectivity index (χ1v) is 9.11. The lowest BCUT2D eigenvalue weighted by Crippen LogP contribution is -2.32. The van der Waals surface area contributed by atoms with Gasteiger partial charge in [0.2, 0.25) is 15.9 Å². The summed E-state index contributed by atoms with van der Waals surface area (Å²) in [7, 11) is -3.21. The van der Waals surface area contributed by atoms with Crippen LogP contribution < -0.4 is 14.4 Å². The number of rotatable bonds is 7. The highest BCUT2D eigenvalue weighted by atomic mass is 32.2. The standard InChI is InChI=1S/C15H22N2O4S/c1-3-21-14-7-5-13(6-8-14)17-11-12(9-15(17)18)10-16-22(19,20)4-2/h5-8,12,16H,3-4,9-11H2,1-2H3/t12-/m1/s1. The summed E-state index contributed by atoms with van der Waals surface area (Å²) in [6, 6.07) is 7.36. The first-order valence-electron chi connectivity index (χ1n) is 7.45. The Balaban J connectivity index is 1.97. The Morgan fingerprint density at radius 1 is 1.27 bits per heavy atom. The Kier molecular flexibility index (Phi) is 5.42. The molecule has 1 aromatic rings. The number of ether oxygens (including phenoxy) is 1. The van der Waals surface area contributed by atoms with Gasteiger partial charge >= 0.3 is 0 Å². The second-order valence-electron chi connectivity index (χ2n) is 5.25. The van der Waals surface area contributed by atoms with Crippen molar-refractivity contribution in [2.75, 3.05) is 30.3 Å². The molecule has 122 valence electrons. The number of nitrogens with zero attached hydrogens (tertiary/aromatic N) is 1. The summed E-state index contributed by atoms with van der Waals surface area (Å²) in [5, 5.41) is 0. The van der Waals surface area contributed by atoms with Crippen molar-refractivity contribution in [3.8, 4) is 5.75 Å². The van der Waals surface area contributed by atoms with Gasteiger partial charge < -0.3 is 9.64 Å². The van der Waals surface area contributed by atoms with Crippen LogP contribution in [0.3, 0.4) is 0 Å². The summed E-state index contributed by atoms with van der Waals surface area (Å²) in [6.07, 6.45) is 0.361. The van der Waals surface area contributed by atoms with E-state index in [9.17, 15) is 13.2 Å². The van der Waals surface area contributed by atoms with Gasteiger partial charge in [-0.3, -0.25) is 4.79 Å². The number of benzene rings is 1. The minimum atomic E-state index is -3.21. The maximum atomic E-state index is 12.1. The van der Waals surface area contributed by atoms with Gasteiger partial charge in [0.15, 0.2) is 0 Å². The fourth-order valence-corrected chi connectivity index (χ4v) is 3.10. The first-order chi connectivity index (χ1) is 10.4. The van der Waals surface area contributed by atoms with Crippen molar-refractivity contribution >= 4 is 21.6 Å². The number of sulfonamides is 1. The summed E-state index contributed by atoms with van der Waals surface area (Å²) in [4.78, 5) is 13.8. The van der Waals surface area contributed by atoms with Gasteiger partial charge in [-0.25, -0.2) is 13.1 Å². The maximum absolute atomic E-state index is 12.1. The van der Waals surface area contributed by atoms with E-state index in [4.69, 9.17) is 4.74 Å². The Hall–Kier alpha value is -1.60. The molecule has 7 heteroatoms. The van der Waals surface area contributed by atoms with Crippen molar-refractivity contribution in [2.24, 2.45) is 5.92 Å². The zero-order chi connectivity index (χ0) is 16.2. The van der Waals surface area contributed by atoms with Crippen LogP contribution in [0.25, 0.3) is 0 Å². The first kappa shape index (κ1) is 16.8. The van der Waals surface area contributed by atoms with Gasteiger partial charge in [-0.15, -0.1) is 0 Å². The minimum absolute atomic E-state index is 0.000364. The van der Waals surface area contributed by atoms with Gasteiger partial charge in [0.25, 0.3) is 0 Å². The maximum Gasteiger partial charge on any atom is 0.227 e. The van der Waals surface area contributed by atoms with E-state index in [1.807, 2.05) is 31.2 Å². The smallest absolute Gasteiger partial charge is 0.227 e. The van der Waals surface area contributed by atoms with Crippen LogP contribution in [0.2, 0.25) is 0 Å². The van der Waals surface area contributed by atoms with Gasteiger partial charge in [0, 0.05) is 25.2 Å². The zero-order valence-electron chi connectivity index (χ0n) is 12.9. The predicted molar refractivity (Wildman–Crippen MR) is 85.5 cm³/mol. The van der Waals surface area contributed by atoms with E-state index in [1.54, 1.807) is 11.8 Å². The van der Waals surface area contributed by atoms with Crippen molar-refractivity contribution in [3.05, 3.63) is 24.3 Å². The highest BCUT2D eigenvalue weighted by Crippen LogP contribution is 2.26. The summed E-state index contributed by atoms with van der Waals surface area (Å²) in [6.45, 7) is 4.93. The number of carbonyl (C=O) groups is 1. The van der Waals surface area contributed by atoms with Crippen LogP contribution >= 0.6 is 0 Å². The van der Waals surface area contributed by atoms with E-state index < -0.39 is 10.0 Å². The molecule has 1 aromatic carbocycles. The molecular formula is C15H22N2O4S. The Morgan fingerprint density at radius 3 is 2.55 bits per heavy atom. The number of hydrogen-bond donors (Lipinski definition) is 1. The largest absolute Gasteiger partial charge is 0.494 e. The van der Waals surface area contributed by atoms with Crippen molar-refractivity contribution in [3.63, 3.8) is 0 Å². The van der Waals surface area contributed by atoms with Crippen LogP contribution in [0, 0.1) is 5.92 Å². The van der Waals surface area contributed by atoms with Crippen LogP contribution in [0.5, 0.6) is 5.75 Å². The molecule has 1 aliphatic heterocycles. The van der Waals surface area contributed by atoms with Gasteiger partial charge in [0.05, 0.1) is 12.4 Å². The van der Waals surface area contributed by atoms with E-state index in [2.05, 4.69) is 4.72 Å². The fourth-order valence-electron chi connectivity index (χ4n) is 2.40. The molecule has 1 N–H and O–H groups in total. The van der Waals surface area contributed by atoms with E-state index in [-0.39, 0.29) is 17.6 Å². The third kappa shape index (κ3) is 4.20. The second-order valence-corrected chi connectivity index (χ2v) is 7.35. The molecular weight excluding hydrogens is 304 g/mol. The molecule has 1 atom stereocenters. The molecule has 0 bridgehead atoms. The summed E-state index contributed by atoms with van der Waals surface area (Å²) in [5.74, 6) is 0.839. The van der Waals surface area contributed by atoms with Gasteiger partial charge in [-0.2, -0.15) is 0 Å². The normalized spacial score (nSPS) is 18.7. The van der Waals surface area contributed by atoms with E-state index in [0.29, 0.717) is 26.1 Å². The van der Waals surface area contributed by atoms with E-state index in [1.165, 1.54) is 0 Å². The van der Waals surface area contributed by atoms with Gasteiger partial charge in [-0.1, -0.05) is 0 Å². The highest BCUT2D eigenvalue weighted by Gasteiger charge is 2.31. The third-order valence-corrected chi connectivity index (χ3v) is 5.00. The fraction of sp³-hybridized carbons (Fsp3) is 0.533. The average molecular weight is 326 g/mol. The number of carbonyl (C=O) groups excluding carboxylic acids is 1. The molecule has 1 fully saturated rings. The molecule has 1 saturated heterocycles. The molecule has 0 aromatic heterocycles. The monoisotopic (exact) mass is 326 g/mol. The molecule has 1 heterocycles. The number of anilines is 1. The molecule has 0 saturated carbocycles. The lowest BCUT2D eigenvalue weighted by atomic mass is 10.1. The van der Waals surface area contributed by atoms with Crippen molar-refractivity contribution < 1.29 is 17.9 Å². The van der Waals surface area contributed by atoms with Gasteiger partial charge in [0.1, 0.15) is 5.75 Å². The van der Waals surface area contributed by atoms with Crippen LogP contribution in [0.4, 0.5) is 5.69 Å². The molecule has 1 aliphatic rings. The molecule has 0 unspecified atom stereocenters. The molecule has 0 spiro atoms. The van der Waals surface area contributed by atoms with Crippen molar-refractivity contribution in [2.45, 2.75) is 20.3 Å². The Bertz CT molecular complexity index is 613. The molecule has 6 nitrogen and oxygen atoms in total. The molecule has 22 heavy (non-hydrogen) atoms. The molecule has 2 rings (SSSR count). The topological polar surface area (TPSA) is 75.7 Å². The van der Waals surface area contributed by atoms with Gasteiger partial charge in [-0.05, 0) is 44.0 Å². The van der Waals surface area contributed by atoms with Crippen LogP contribution in [0.1, 0.15) is 20.3 Å². The van der Waals surface area contributed by atoms with Crippen molar-refractivity contribution in [1.29, 1.82) is 0 Å². The lowest BCUT2D eigenvalue weighted by Gasteiger charge is -2.17. The quantitative estimate of drug-likeness (QED) is 0.821. The van der Waals surface area contributed by atoms with E-state index >= 15 is 0 Å². The minimum Gasteiger partial charge on any atom is -0.494 e. The van der Waals surface area contributed by atoms with Crippen LogP contribution in [-0.2, 0) is 14.8 Å². The number of hydrogen-bond acceptors (Lipinski definition) is 4. The number of nitrogens with one attached hydrogen (secondary N) is 1. The SMILES string of the molecule is CCOc1ccc(N2C[C@@H](CNS(=O)(=O)CC)CC2=O)cc1. The Labute approximate surface area is 131 Å². The summed E-state index contributed by atoms with van der Waals surface area (Å²) in [5.41, 5.74) is 0.814. The summed E-state index contributed by atoms with van der Waals surface area (Å²) >= 11 is 0. The number of amides is 1. The molecule has 0 aliphatic carbocycles. The third-order valence-electron chi connectivity index (χ3n) is 3.64. The summed E-state index contributed by atoms with van der Waals surface area (Å²) < 4.78 is 30.9. The Morgan fingerprint density at radius 2 is 1.95 bits per heavy atom. The van der Waals surface area contributed by atoms with E-state index in [0.717, 1.165) is 11.4 Å². The second kappa shape index (κ2) is 7.11. The molecule has 1 amide bonds. The molecule has 0 radical (unpaired) electrons. The average Bonchev–Trinajstić information content (AvgIpc) is 2.88.